The number of halogens is 3. The lowest BCUT2D eigenvalue weighted by atomic mass is 9.89. The number of carbonyl (C=O) groups excluding carboxylic acids is 1. The third kappa shape index (κ3) is 4.68. The Morgan fingerprint density at radius 3 is 2.06 bits per heavy atom. The molecule has 35 heavy (non-hydrogen) atoms. The number of allylic oxidation sites excluding steroid dienone is 1. The summed E-state index contributed by atoms with van der Waals surface area (Å²) in [6.45, 7) is 1.73. The van der Waals surface area contributed by atoms with Crippen LogP contribution in [0.5, 0.6) is 5.75 Å². The Balaban J connectivity index is 1.95. The number of carbonyl (C=O) groups is 1. The molecule has 5 nitrogen and oxygen atoms in total. The first-order valence-electron chi connectivity index (χ1n) is 10.6. The highest BCUT2D eigenvalue weighted by atomic mass is 32.2. The Morgan fingerprint density at radius 2 is 1.51 bits per heavy atom. The van der Waals surface area contributed by atoms with Crippen LogP contribution in [0.25, 0.3) is 0 Å². The molecule has 0 saturated carbocycles. The first kappa shape index (κ1) is 24.5. The lowest BCUT2D eigenvalue weighted by Gasteiger charge is -2.21. The van der Waals surface area contributed by atoms with E-state index in [1.54, 1.807) is 25.1 Å². The molecule has 4 rings (SSSR count). The predicted molar refractivity (Wildman–Crippen MR) is 123 cm³/mol. The van der Waals surface area contributed by atoms with Crippen LogP contribution in [0.1, 0.15) is 27.4 Å². The first-order chi connectivity index (χ1) is 16.5. The van der Waals surface area contributed by atoms with Gasteiger partial charge < -0.3 is 9.47 Å². The average molecular weight is 503 g/mol. The maximum absolute atomic E-state index is 14.2. The van der Waals surface area contributed by atoms with Crippen LogP contribution in [0.15, 0.2) is 94.4 Å². The van der Waals surface area contributed by atoms with Crippen molar-refractivity contribution in [2.75, 3.05) is 7.11 Å². The van der Waals surface area contributed by atoms with Crippen LogP contribution in [-0.4, -0.2) is 33.6 Å². The third-order valence-electron chi connectivity index (χ3n) is 5.72. The molecule has 0 fully saturated rings. The van der Waals surface area contributed by atoms with Crippen molar-refractivity contribution in [3.05, 3.63) is 106 Å². The molecule has 2 atom stereocenters. The molecule has 1 aliphatic heterocycles. The number of ketones is 1. The van der Waals surface area contributed by atoms with Gasteiger partial charge in [-0.2, -0.15) is 13.2 Å². The second kappa shape index (κ2) is 9.22. The number of sulfone groups is 1. The maximum atomic E-state index is 14.2. The van der Waals surface area contributed by atoms with E-state index in [2.05, 4.69) is 0 Å². The smallest absolute Gasteiger partial charge is 0.450 e. The summed E-state index contributed by atoms with van der Waals surface area (Å²) in [5, 5.41) is 0. The Morgan fingerprint density at radius 1 is 0.914 bits per heavy atom. The Labute approximate surface area is 200 Å². The summed E-state index contributed by atoms with van der Waals surface area (Å²) in [5.74, 6) is -3.56. The highest BCUT2D eigenvalue weighted by molar-refractivity contribution is 7.95. The number of rotatable bonds is 6. The molecule has 182 valence electrons. The van der Waals surface area contributed by atoms with Gasteiger partial charge in [0.2, 0.25) is 21.4 Å². The van der Waals surface area contributed by atoms with Crippen LogP contribution in [0.2, 0.25) is 0 Å². The minimum atomic E-state index is -5.15. The number of methoxy groups -OCH3 is 1. The minimum absolute atomic E-state index is 0.103. The fourth-order valence-corrected chi connectivity index (χ4v) is 5.73. The molecule has 1 aliphatic rings. The van der Waals surface area contributed by atoms with E-state index in [1.165, 1.54) is 67.8 Å². The number of alkyl halides is 3. The van der Waals surface area contributed by atoms with Crippen molar-refractivity contribution >= 4 is 15.6 Å². The van der Waals surface area contributed by atoms with E-state index in [9.17, 15) is 26.4 Å². The van der Waals surface area contributed by atoms with Crippen LogP contribution in [0, 0.1) is 6.92 Å². The maximum Gasteiger partial charge on any atom is 0.450 e. The van der Waals surface area contributed by atoms with Gasteiger partial charge in [0.25, 0.3) is 0 Å². The van der Waals surface area contributed by atoms with Crippen molar-refractivity contribution in [1.82, 2.24) is 0 Å². The molecule has 0 amide bonds. The summed E-state index contributed by atoms with van der Waals surface area (Å²) < 4.78 is 80.2. The summed E-state index contributed by atoms with van der Waals surface area (Å²) in [6.07, 6.45) is -6.89. The zero-order valence-electron chi connectivity index (χ0n) is 18.7. The molecule has 0 bridgehead atoms. The zero-order valence-corrected chi connectivity index (χ0v) is 19.6. The van der Waals surface area contributed by atoms with Gasteiger partial charge in [0.1, 0.15) is 10.7 Å². The van der Waals surface area contributed by atoms with E-state index in [4.69, 9.17) is 9.47 Å². The molecule has 0 unspecified atom stereocenters. The molecule has 0 aliphatic carbocycles. The van der Waals surface area contributed by atoms with Crippen molar-refractivity contribution in [2.45, 2.75) is 30.0 Å². The summed E-state index contributed by atoms with van der Waals surface area (Å²) in [7, 11) is -3.28. The average Bonchev–Trinajstić information content (AvgIpc) is 3.27. The number of ether oxygens (including phenoxy) is 2. The molecule has 9 heteroatoms. The topological polar surface area (TPSA) is 69.7 Å². The second-order valence-corrected chi connectivity index (χ2v) is 9.95. The molecule has 0 N–H and O–H groups in total. The number of benzene rings is 3. The van der Waals surface area contributed by atoms with Crippen molar-refractivity contribution in [3.63, 3.8) is 0 Å². The Kier molecular flexibility index (Phi) is 6.46. The van der Waals surface area contributed by atoms with Gasteiger partial charge in [0.15, 0.2) is 6.10 Å². The SMILES string of the molecule is COc1ccc([C@@H]2C(S(=O)(=O)c3ccc(C)cc3)=C(C(F)(F)F)O[C@H]2C(=O)c2ccccc2)cc1. The van der Waals surface area contributed by atoms with Gasteiger partial charge in [-0.3, -0.25) is 4.79 Å². The van der Waals surface area contributed by atoms with Gasteiger partial charge in [-0.1, -0.05) is 60.2 Å². The van der Waals surface area contributed by atoms with E-state index < -0.39 is 44.5 Å². The van der Waals surface area contributed by atoms with Crippen LogP contribution in [-0.2, 0) is 14.6 Å². The van der Waals surface area contributed by atoms with Crippen LogP contribution < -0.4 is 4.74 Å². The molecular weight excluding hydrogens is 481 g/mol. The molecule has 0 radical (unpaired) electrons. The lowest BCUT2D eigenvalue weighted by Crippen LogP contribution is -2.29. The standard InChI is InChI=1S/C26H21F3O5S/c1-16-8-14-20(15-9-16)35(31,32)24-21(17-10-12-19(33-2)13-11-17)23(34-25(24)26(27,28)29)22(30)18-6-4-3-5-7-18/h3-15,21,23H,1-2H3/t21-,23+/m0/s1. The zero-order chi connectivity index (χ0) is 25.4. The van der Waals surface area contributed by atoms with Crippen LogP contribution in [0.3, 0.4) is 0 Å². The van der Waals surface area contributed by atoms with E-state index in [0.29, 0.717) is 5.75 Å². The molecule has 3 aromatic rings. The summed E-state index contributed by atoms with van der Waals surface area (Å²) >= 11 is 0. The first-order valence-corrected chi connectivity index (χ1v) is 12.1. The fraction of sp³-hybridized carbons (Fsp3) is 0.192. The van der Waals surface area contributed by atoms with Gasteiger partial charge in [-0.15, -0.1) is 0 Å². The van der Waals surface area contributed by atoms with Crippen molar-refractivity contribution in [3.8, 4) is 5.75 Å². The van der Waals surface area contributed by atoms with Gasteiger partial charge in [0.05, 0.1) is 17.9 Å². The van der Waals surface area contributed by atoms with Gasteiger partial charge >= 0.3 is 6.18 Å². The van der Waals surface area contributed by atoms with Crippen molar-refractivity contribution in [2.24, 2.45) is 0 Å². The van der Waals surface area contributed by atoms with Gasteiger partial charge in [-0.25, -0.2) is 8.42 Å². The molecule has 0 saturated heterocycles. The van der Waals surface area contributed by atoms with E-state index >= 15 is 0 Å². The van der Waals surface area contributed by atoms with Crippen molar-refractivity contribution < 1.29 is 35.9 Å². The molecule has 3 aromatic carbocycles. The van der Waals surface area contributed by atoms with Gasteiger partial charge in [0, 0.05) is 5.56 Å². The summed E-state index contributed by atoms with van der Waals surface area (Å²) in [4.78, 5) is 12.0. The second-order valence-electron chi connectivity index (χ2n) is 8.03. The lowest BCUT2D eigenvalue weighted by molar-refractivity contribution is -0.131. The predicted octanol–water partition coefficient (Wildman–Crippen LogP) is 5.62. The normalized spacial score (nSPS) is 18.3. The van der Waals surface area contributed by atoms with Gasteiger partial charge in [-0.05, 0) is 36.8 Å². The van der Waals surface area contributed by atoms with E-state index in [0.717, 1.165) is 5.56 Å². The molecule has 1 heterocycles. The monoisotopic (exact) mass is 502 g/mol. The van der Waals surface area contributed by atoms with Crippen LogP contribution in [0.4, 0.5) is 13.2 Å². The highest BCUT2D eigenvalue weighted by Gasteiger charge is 2.55. The van der Waals surface area contributed by atoms with Crippen LogP contribution >= 0.6 is 0 Å². The largest absolute Gasteiger partial charge is 0.497 e. The Bertz CT molecular complexity index is 1360. The Hall–Kier alpha value is -3.59. The van der Waals surface area contributed by atoms with Crippen molar-refractivity contribution in [1.29, 1.82) is 0 Å². The number of hydrogen-bond acceptors (Lipinski definition) is 5. The van der Waals surface area contributed by atoms with E-state index in [-0.39, 0.29) is 16.0 Å². The minimum Gasteiger partial charge on any atom is -0.497 e. The van der Waals surface area contributed by atoms with E-state index in [1.807, 2.05) is 0 Å². The summed E-state index contributed by atoms with van der Waals surface area (Å²) in [6, 6.07) is 19.0. The summed E-state index contributed by atoms with van der Waals surface area (Å²) in [5.41, 5.74) is 1.01. The highest BCUT2D eigenvalue weighted by Crippen LogP contribution is 2.49. The third-order valence-corrected chi connectivity index (χ3v) is 7.63. The quantitative estimate of drug-likeness (QED) is 0.410. The number of aryl methyl sites for hydroxylation is 1. The number of Topliss-reactive ketones (excluding diaryl/α,β-unsaturated/α-hetero) is 1. The molecule has 0 spiro atoms. The fourth-order valence-electron chi connectivity index (χ4n) is 3.98. The number of hydrogen-bond donors (Lipinski definition) is 0. The molecular formula is C26H21F3O5S. The molecule has 0 aromatic heterocycles.